The van der Waals surface area contributed by atoms with Crippen LogP contribution in [-0.2, 0) is 14.8 Å². The molecule has 0 aromatic heterocycles. The molecule has 0 aromatic carbocycles. The number of nitrogens with one attached hydrogen (secondary N) is 2. The van der Waals surface area contributed by atoms with Gasteiger partial charge in [0.2, 0.25) is 15.9 Å². The van der Waals surface area contributed by atoms with Crippen molar-refractivity contribution in [3.63, 3.8) is 0 Å². The Labute approximate surface area is 128 Å². The number of carbonyl (C=O) groups is 1. The number of aliphatic hydroxyl groups is 1. The number of aliphatic hydroxyl groups excluding tert-OH is 1. The van der Waals surface area contributed by atoms with Crippen molar-refractivity contribution >= 4 is 15.9 Å². The first kappa shape index (κ1) is 20.3. The Morgan fingerprint density at radius 2 is 1.71 bits per heavy atom. The van der Waals surface area contributed by atoms with Gasteiger partial charge in [-0.1, -0.05) is 40.5 Å². The van der Waals surface area contributed by atoms with Crippen LogP contribution in [0.5, 0.6) is 0 Å². The Hall–Kier alpha value is -0.660. The van der Waals surface area contributed by atoms with E-state index in [9.17, 15) is 18.3 Å². The summed E-state index contributed by atoms with van der Waals surface area (Å²) in [5, 5.41) is 12.6. The van der Waals surface area contributed by atoms with E-state index in [4.69, 9.17) is 0 Å². The summed E-state index contributed by atoms with van der Waals surface area (Å²) in [5.74, 6) is -0.0743. The zero-order valence-corrected chi connectivity index (χ0v) is 14.5. The van der Waals surface area contributed by atoms with Crippen molar-refractivity contribution in [2.24, 2.45) is 11.8 Å². The molecule has 0 saturated carbocycles. The molecule has 2 atom stereocenters. The zero-order chi connectivity index (χ0) is 16.6. The Bertz CT molecular complexity index is 405. The summed E-state index contributed by atoms with van der Waals surface area (Å²) in [6, 6.07) is -0.797. The minimum absolute atomic E-state index is 0.136. The Balaban J connectivity index is 4.60. The quantitative estimate of drug-likeness (QED) is 0.556. The van der Waals surface area contributed by atoms with Crippen LogP contribution in [0.3, 0.4) is 0 Å². The number of carbonyl (C=O) groups excluding carboxylic acids is 1. The van der Waals surface area contributed by atoms with E-state index in [1.165, 1.54) is 0 Å². The molecule has 0 rings (SSSR count). The number of amides is 1. The fraction of sp³-hybridized carbons (Fsp3) is 0.929. The largest absolute Gasteiger partial charge is 0.391 e. The highest BCUT2D eigenvalue weighted by Gasteiger charge is 2.24. The maximum Gasteiger partial charge on any atom is 0.238 e. The first-order chi connectivity index (χ1) is 9.60. The van der Waals surface area contributed by atoms with Crippen molar-refractivity contribution in [3.8, 4) is 0 Å². The first-order valence-electron chi connectivity index (χ1n) is 7.53. The second-order valence-corrected chi connectivity index (χ2v) is 7.74. The summed E-state index contributed by atoms with van der Waals surface area (Å²) in [6.07, 6.45) is 2.52. The summed E-state index contributed by atoms with van der Waals surface area (Å²) in [5.41, 5.74) is 0. The molecule has 0 radical (unpaired) electrons. The number of hydrogen-bond acceptors (Lipinski definition) is 4. The molecule has 0 aromatic rings. The Morgan fingerprint density at radius 3 is 2.10 bits per heavy atom. The number of rotatable bonds is 10. The molecule has 21 heavy (non-hydrogen) atoms. The van der Waals surface area contributed by atoms with Crippen LogP contribution in [0.25, 0.3) is 0 Å². The highest BCUT2D eigenvalue weighted by atomic mass is 32.2. The molecular formula is C14H30N2O4S. The van der Waals surface area contributed by atoms with E-state index in [0.29, 0.717) is 6.42 Å². The van der Waals surface area contributed by atoms with Crippen LogP contribution in [0.2, 0.25) is 0 Å². The molecule has 126 valence electrons. The van der Waals surface area contributed by atoms with Gasteiger partial charge >= 0.3 is 0 Å². The molecule has 2 unspecified atom stereocenters. The zero-order valence-electron chi connectivity index (χ0n) is 13.7. The first-order valence-corrected chi connectivity index (χ1v) is 9.42. The molecule has 0 saturated heterocycles. The van der Waals surface area contributed by atoms with Crippen molar-refractivity contribution in [1.82, 2.24) is 10.0 Å². The molecule has 0 heterocycles. The van der Waals surface area contributed by atoms with E-state index in [-0.39, 0.29) is 24.3 Å². The van der Waals surface area contributed by atoms with Crippen molar-refractivity contribution in [2.75, 3.05) is 12.8 Å². The third-order valence-corrected chi connectivity index (χ3v) is 4.17. The van der Waals surface area contributed by atoms with Gasteiger partial charge in [-0.25, -0.2) is 13.1 Å². The van der Waals surface area contributed by atoms with Crippen molar-refractivity contribution < 1.29 is 18.3 Å². The van der Waals surface area contributed by atoms with Gasteiger partial charge in [-0.15, -0.1) is 0 Å². The third kappa shape index (κ3) is 9.06. The lowest BCUT2D eigenvalue weighted by atomic mass is 9.96. The van der Waals surface area contributed by atoms with Crippen LogP contribution in [0.1, 0.15) is 47.0 Å². The van der Waals surface area contributed by atoms with Crippen LogP contribution in [-0.4, -0.2) is 44.4 Å². The van der Waals surface area contributed by atoms with Crippen LogP contribution in [0, 0.1) is 11.8 Å². The van der Waals surface area contributed by atoms with Gasteiger partial charge in [-0.3, -0.25) is 4.79 Å². The van der Waals surface area contributed by atoms with E-state index >= 15 is 0 Å². The molecule has 0 fully saturated rings. The van der Waals surface area contributed by atoms with Gasteiger partial charge in [0, 0.05) is 6.54 Å². The lowest BCUT2D eigenvalue weighted by Gasteiger charge is -2.23. The summed E-state index contributed by atoms with van der Waals surface area (Å²) >= 11 is 0. The third-order valence-electron chi connectivity index (χ3n) is 3.46. The minimum atomic E-state index is -3.45. The average molecular weight is 322 g/mol. The summed E-state index contributed by atoms with van der Waals surface area (Å²) in [7, 11) is -3.45. The summed E-state index contributed by atoms with van der Waals surface area (Å²) in [4.78, 5) is 12.1. The monoisotopic (exact) mass is 322 g/mol. The van der Waals surface area contributed by atoms with Crippen molar-refractivity contribution in [3.05, 3.63) is 0 Å². The van der Waals surface area contributed by atoms with Crippen LogP contribution in [0.15, 0.2) is 0 Å². The van der Waals surface area contributed by atoms with Gasteiger partial charge in [0.25, 0.3) is 0 Å². The van der Waals surface area contributed by atoms with Gasteiger partial charge in [-0.2, -0.15) is 0 Å². The molecule has 3 N–H and O–H groups in total. The maximum atomic E-state index is 12.1. The molecule has 0 aliphatic heterocycles. The highest BCUT2D eigenvalue weighted by Crippen LogP contribution is 2.12. The molecule has 0 spiro atoms. The van der Waals surface area contributed by atoms with Crippen LogP contribution in [0.4, 0.5) is 0 Å². The molecular weight excluding hydrogens is 292 g/mol. The molecule has 0 aliphatic carbocycles. The Kier molecular flexibility index (Phi) is 9.08. The maximum absolute atomic E-state index is 12.1. The smallest absolute Gasteiger partial charge is 0.238 e. The lowest BCUT2D eigenvalue weighted by Crippen LogP contribution is -2.49. The van der Waals surface area contributed by atoms with Gasteiger partial charge in [-0.05, 0) is 18.3 Å². The van der Waals surface area contributed by atoms with E-state index in [1.54, 1.807) is 0 Å². The van der Waals surface area contributed by atoms with E-state index < -0.39 is 22.2 Å². The normalized spacial score (nSPS) is 15.2. The van der Waals surface area contributed by atoms with Gasteiger partial charge in [0.15, 0.2) is 0 Å². The van der Waals surface area contributed by atoms with Crippen LogP contribution >= 0.6 is 0 Å². The summed E-state index contributed by atoms with van der Waals surface area (Å²) < 4.78 is 25.0. The van der Waals surface area contributed by atoms with E-state index in [2.05, 4.69) is 10.0 Å². The minimum Gasteiger partial charge on any atom is -0.391 e. The molecule has 1 amide bonds. The van der Waals surface area contributed by atoms with Crippen LogP contribution < -0.4 is 10.0 Å². The van der Waals surface area contributed by atoms with Gasteiger partial charge in [0.1, 0.15) is 6.04 Å². The Morgan fingerprint density at radius 1 is 1.19 bits per heavy atom. The number of sulfonamides is 1. The highest BCUT2D eigenvalue weighted by molar-refractivity contribution is 7.88. The predicted octanol–water partition coefficient (Wildman–Crippen LogP) is 0.864. The topological polar surface area (TPSA) is 95.5 Å². The van der Waals surface area contributed by atoms with Gasteiger partial charge < -0.3 is 10.4 Å². The van der Waals surface area contributed by atoms with Crippen molar-refractivity contribution in [1.29, 1.82) is 0 Å². The predicted molar refractivity (Wildman–Crippen MR) is 84.3 cm³/mol. The molecule has 6 nitrogen and oxygen atoms in total. The second kappa shape index (κ2) is 9.38. The SMILES string of the molecule is CCC(CC)C(O)CNC(=O)C(CC(C)C)NS(C)(=O)=O. The molecule has 0 bridgehead atoms. The van der Waals surface area contributed by atoms with Gasteiger partial charge in [0.05, 0.1) is 12.4 Å². The number of hydrogen-bond donors (Lipinski definition) is 3. The lowest BCUT2D eigenvalue weighted by molar-refractivity contribution is -0.123. The van der Waals surface area contributed by atoms with Crippen molar-refractivity contribution in [2.45, 2.75) is 59.1 Å². The molecule has 7 heteroatoms. The summed E-state index contributed by atoms with van der Waals surface area (Å²) in [6.45, 7) is 7.97. The molecule has 0 aliphatic rings. The standard InChI is InChI=1S/C14H30N2O4S/c1-6-11(7-2)13(17)9-15-14(18)12(8-10(3)4)16-21(5,19)20/h10-13,16-17H,6-9H2,1-5H3,(H,15,18). The van der Waals surface area contributed by atoms with E-state index in [0.717, 1.165) is 19.1 Å². The fourth-order valence-corrected chi connectivity index (χ4v) is 2.99. The second-order valence-electron chi connectivity index (χ2n) is 5.96. The average Bonchev–Trinajstić information content (AvgIpc) is 2.34. The fourth-order valence-electron chi connectivity index (χ4n) is 2.27. The van der Waals surface area contributed by atoms with E-state index in [1.807, 2.05) is 27.7 Å².